The van der Waals surface area contributed by atoms with Gasteiger partial charge in [-0.1, -0.05) is 36.0 Å². The number of hydrogen-bond acceptors (Lipinski definition) is 5. The van der Waals surface area contributed by atoms with Gasteiger partial charge < -0.3 is 15.5 Å². The fraction of sp³-hybridized carbons (Fsp3) is 0.333. The van der Waals surface area contributed by atoms with Gasteiger partial charge in [-0.05, 0) is 55.2 Å². The van der Waals surface area contributed by atoms with Crippen LogP contribution >= 0.6 is 11.8 Å². The molecule has 166 valence electrons. The largest absolute Gasteiger partial charge is 0.351 e. The van der Waals surface area contributed by atoms with Crippen LogP contribution in [0.5, 0.6) is 0 Å². The summed E-state index contributed by atoms with van der Waals surface area (Å²) in [5.74, 6) is -0.663. The maximum Gasteiger partial charge on any atom is 0.262 e. The van der Waals surface area contributed by atoms with Crippen LogP contribution in [-0.4, -0.2) is 46.1 Å². The molecule has 0 aliphatic carbocycles. The molecule has 1 unspecified atom stereocenters. The van der Waals surface area contributed by atoms with E-state index in [1.165, 1.54) is 11.8 Å². The van der Waals surface area contributed by atoms with Crippen molar-refractivity contribution in [3.05, 3.63) is 65.2 Å². The molecule has 2 aliphatic heterocycles. The number of aryl methyl sites for hydroxylation is 1. The lowest BCUT2D eigenvalue weighted by Crippen LogP contribution is -2.25. The van der Waals surface area contributed by atoms with Crippen LogP contribution in [0.15, 0.2) is 53.5 Å². The summed E-state index contributed by atoms with van der Waals surface area (Å²) in [5.41, 5.74) is 3.30. The second-order valence-corrected chi connectivity index (χ2v) is 9.14. The highest BCUT2D eigenvalue weighted by atomic mass is 32.2. The average molecular weight is 451 g/mol. The molecule has 1 atom stereocenters. The minimum absolute atomic E-state index is 0.0724. The van der Waals surface area contributed by atoms with E-state index in [1.807, 2.05) is 31.2 Å². The number of thioether (sulfide) groups is 1. The van der Waals surface area contributed by atoms with Crippen LogP contribution in [0, 0.1) is 6.92 Å². The van der Waals surface area contributed by atoms with Gasteiger partial charge in [0.15, 0.2) is 5.17 Å². The molecule has 1 fully saturated rings. The third-order valence-electron chi connectivity index (χ3n) is 5.61. The van der Waals surface area contributed by atoms with E-state index in [2.05, 4.69) is 20.5 Å². The molecule has 2 N–H and O–H groups in total. The van der Waals surface area contributed by atoms with Crippen LogP contribution in [0.1, 0.15) is 40.7 Å². The zero-order valence-electron chi connectivity index (χ0n) is 18.0. The summed E-state index contributed by atoms with van der Waals surface area (Å²) in [6.45, 7) is 4.31. The van der Waals surface area contributed by atoms with E-state index >= 15 is 0 Å². The van der Waals surface area contributed by atoms with Gasteiger partial charge in [-0.25, -0.2) is 0 Å². The molecule has 0 saturated carbocycles. The standard InChI is InChI=1S/C24H26N4O3S/c1-16-6-2-3-7-18(16)15-25-22(30)17-8-10-19(11-9-17)26-21(29)14-20-23(31)27-24(32-20)28-12-4-5-13-28/h2-3,6-11,20H,4-5,12-15H2,1H3,(H,25,30)(H,26,29). The van der Waals surface area contributed by atoms with Crippen LogP contribution < -0.4 is 10.6 Å². The molecule has 0 radical (unpaired) electrons. The van der Waals surface area contributed by atoms with Crippen molar-refractivity contribution in [1.82, 2.24) is 10.2 Å². The highest BCUT2D eigenvalue weighted by Gasteiger charge is 2.33. The third kappa shape index (κ3) is 5.37. The number of aliphatic imine (C=N–C) groups is 1. The first-order valence-corrected chi connectivity index (χ1v) is 11.6. The number of benzene rings is 2. The molecule has 2 heterocycles. The summed E-state index contributed by atoms with van der Waals surface area (Å²) >= 11 is 1.38. The molecule has 4 rings (SSSR count). The van der Waals surface area contributed by atoms with E-state index in [0.29, 0.717) is 17.8 Å². The average Bonchev–Trinajstić information content (AvgIpc) is 3.44. The number of nitrogens with one attached hydrogen (secondary N) is 2. The van der Waals surface area contributed by atoms with Crippen molar-refractivity contribution in [2.24, 2.45) is 4.99 Å². The number of likely N-dealkylation sites (tertiary alicyclic amines) is 1. The maximum atomic E-state index is 12.4. The Balaban J connectivity index is 1.26. The smallest absolute Gasteiger partial charge is 0.262 e. The number of hydrogen-bond donors (Lipinski definition) is 2. The summed E-state index contributed by atoms with van der Waals surface area (Å²) in [4.78, 5) is 43.3. The van der Waals surface area contributed by atoms with Crippen molar-refractivity contribution in [2.45, 2.75) is 38.0 Å². The number of rotatable bonds is 6. The predicted molar refractivity (Wildman–Crippen MR) is 127 cm³/mol. The van der Waals surface area contributed by atoms with Gasteiger partial charge in [-0.2, -0.15) is 4.99 Å². The topological polar surface area (TPSA) is 90.9 Å². The molecular weight excluding hydrogens is 424 g/mol. The molecule has 1 saturated heterocycles. The molecule has 2 aliphatic rings. The van der Waals surface area contributed by atoms with Crippen LogP contribution in [-0.2, 0) is 16.1 Å². The van der Waals surface area contributed by atoms with E-state index < -0.39 is 5.25 Å². The van der Waals surface area contributed by atoms with Gasteiger partial charge in [0, 0.05) is 37.3 Å². The van der Waals surface area contributed by atoms with E-state index in [9.17, 15) is 14.4 Å². The third-order valence-corrected chi connectivity index (χ3v) is 6.82. The Bertz CT molecular complexity index is 1050. The predicted octanol–water partition coefficient (Wildman–Crippen LogP) is 3.35. The van der Waals surface area contributed by atoms with E-state index in [-0.39, 0.29) is 24.1 Å². The van der Waals surface area contributed by atoms with Crippen LogP contribution in [0.2, 0.25) is 0 Å². The van der Waals surface area contributed by atoms with Crippen LogP contribution in [0.3, 0.4) is 0 Å². The van der Waals surface area contributed by atoms with Crippen LogP contribution in [0.25, 0.3) is 0 Å². The molecule has 0 aromatic heterocycles. The lowest BCUT2D eigenvalue weighted by molar-refractivity contribution is -0.121. The van der Waals surface area contributed by atoms with Gasteiger partial charge in [0.05, 0.1) is 0 Å². The quantitative estimate of drug-likeness (QED) is 0.704. The second kappa shape index (κ2) is 9.99. The SMILES string of the molecule is Cc1ccccc1CNC(=O)c1ccc(NC(=O)CC2SC(N3CCCC3)=NC2=O)cc1. The molecule has 32 heavy (non-hydrogen) atoms. The Morgan fingerprint density at radius 1 is 1.09 bits per heavy atom. The Morgan fingerprint density at radius 2 is 1.81 bits per heavy atom. The number of carbonyl (C=O) groups excluding carboxylic acids is 3. The number of carbonyl (C=O) groups is 3. The first-order valence-electron chi connectivity index (χ1n) is 10.8. The van der Waals surface area contributed by atoms with Crippen molar-refractivity contribution >= 4 is 40.3 Å². The highest BCUT2D eigenvalue weighted by molar-refractivity contribution is 8.15. The molecule has 8 heteroatoms. The normalized spacial score (nSPS) is 17.9. The molecular formula is C24H26N4O3S. The number of amides is 3. The monoisotopic (exact) mass is 450 g/mol. The summed E-state index contributed by atoms with van der Waals surface area (Å²) < 4.78 is 0. The van der Waals surface area contributed by atoms with Gasteiger partial charge in [-0.15, -0.1) is 0 Å². The Kier molecular flexibility index (Phi) is 6.90. The van der Waals surface area contributed by atoms with Crippen molar-refractivity contribution in [3.63, 3.8) is 0 Å². The Hall–Kier alpha value is -3.13. The molecule has 2 aromatic rings. The van der Waals surface area contributed by atoms with Gasteiger partial charge >= 0.3 is 0 Å². The lowest BCUT2D eigenvalue weighted by Gasteiger charge is -2.16. The number of nitrogens with zero attached hydrogens (tertiary/aromatic N) is 2. The molecule has 0 bridgehead atoms. The van der Waals surface area contributed by atoms with Gasteiger partial charge in [-0.3, -0.25) is 14.4 Å². The lowest BCUT2D eigenvalue weighted by atomic mass is 10.1. The summed E-state index contributed by atoms with van der Waals surface area (Å²) in [6.07, 6.45) is 2.29. The molecule has 2 aromatic carbocycles. The minimum Gasteiger partial charge on any atom is -0.351 e. The van der Waals surface area contributed by atoms with Crippen LogP contribution in [0.4, 0.5) is 5.69 Å². The first kappa shape index (κ1) is 22.1. The fourth-order valence-corrected chi connectivity index (χ4v) is 4.84. The molecule has 3 amide bonds. The number of anilines is 1. The molecule has 7 nitrogen and oxygen atoms in total. The zero-order valence-corrected chi connectivity index (χ0v) is 18.8. The number of amidine groups is 1. The van der Waals surface area contributed by atoms with Gasteiger partial charge in [0.1, 0.15) is 5.25 Å². The first-order chi connectivity index (χ1) is 15.5. The van der Waals surface area contributed by atoms with Gasteiger partial charge in [0.25, 0.3) is 11.8 Å². The summed E-state index contributed by atoms with van der Waals surface area (Å²) in [7, 11) is 0. The summed E-state index contributed by atoms with van der Waals surface area (Å²) in [5, 5.41) is 5.98. The zero-order chi connectivity index (χ0) is 22.5. The van der Waals surface area contributed by atoms with Crippen molar-refractivity contribution in [3.8, 4) is 0 Å². The maximum absolute atomic E-state index is 12.4. The van der Waals surface area contributed by atoms with Crippen molar-refractivity contribution in [2.75, 3.05) is 18.4 Å². The van der Waals surface area contributed by atoms with Crippen molar-refractivity contribution in [1.29, 1.82) is 0 Å². The van der Waals surface area contributed by atoms with E-state index in [0.717, 1.165) is 42.2 Å². The highest BCUT2D eigenvalue weighted by Crippen LogP contribution is 2.29. The fourth-order valence-electron chi connectivity index (χ4n) is 3.72. The van der Waals surface area contributed by atoms with E-state index in [1.54, 1.807) is 24.3 Å². The van der Waals surface area contributed by atoms with E-state index in [4.69, 9.17) is 0 Å². The van der Waals surface area contributed by atoms with Gasteiger partial charge in [0.2, 0.25) is 5.91 Å². The summed E-state index contributed by atoms with van der Waals surface area (Å²) in [6, 6.07) is 14.6. The second-order valence-electron chi connectivity index (χ2n) is 7.97. The Labute approximate surface area is 191 Å². The Morgan fingerprint density at radius 3 is 2.53 bits per heavy atom. The molecule has 0 spiro atoms. The van der Waals surface area contributed by atoms with Crippen molar-refractivity contribution < 1.29 is 14.4 Å². The minimum atomic E-state index is -0.475.